The minimum Gasteiger partial charge on any atom is -0.508 e. The molecule has 0 aliphatic heterocycles. The maximum Gasteiger partial charge on any atom is 0.120 e. The van der Waals surface area contributed by atoms with E-state index < -0.39 is 0 Å². The molecule has 0 heterocycles. The lowest BCUT2D eigenvalue weighted by atomic mass is 10.0. The average molecular weight is 151 g/mol. The van der Waals surface area contributed by atoms with E-state index in [1.165, 1.54) is 0 Å². The van der Waals surface area contributed by atoms with Crippen LogP contribution in [-0.2, 0) is 0 Å². The molecule has 0 radical (unpaired) electrons. The standard InChI is InChI=1S/C9H13NO/c1-5-4-8(11)7(3)9(10)6(5)2/h4,11H,10H2,1-3H3. The van der Waals surface area contributed by atoms with Crippen molar-refractivity contribution in [2.24, 2.45) is 0 Å². The highest BCUT2D eigenvalue weighted by molar-refractivity contribution is 5.60. The van der Waals surface area contributed by atoms with Gasteiger partial charge in [0.2, 0.25) is 0 Å². The third kappa shape index (κ3) is 1.16. The molecule has 1 aromatic carbocycles. The van der Waals surface area contributed by atoms with Crippen LogP contribution in [0.1, 0.15) is 16.7 Å². The monoisotopic (exact) mass is 151 g/mol. The van der Waals surface area contributed by atoms with Gasteiger partial charge in [-0.2, -0.15) is 0 Å². The fraction of sp³-hybridized carbons (Fsp3) is 0.333. The number of nitrogen functional groups attached to an aromatic ring is 1. The Bertz CT molecular complexity index is 266. The van der Waals surface area contributed by atoms with Crippen molar-refractivity contribution in [3.8, 4) is 5.75 Å². The topological polar surface area (TPSA) is 46.2 Å². The molecule has 0 aliphatic carbocycles. The molecule has 3 N–H and O–H groups in total. The predicted octanol–water partition coefficient (Wildman–Crippen LogP) is 1.90. The molecule has 0 aliphatic rings. The Morgan fingerprint density at radius 2 is 1.73 bits per heavy atom. The fourth-order valence-corrected chi connectivity index (χ4v) is 1.05. The number of benzene rings is 1. The number of phenolic OH excluding ortho intramolecular Hbond substituents is 1. The first-order valence-corrected chi connectivity index (χ1v) is 3.59. The summed E-state index contributed by atoms with van der Waals surface area (Å²) in [6.45, 7) is 5.71. The maximum absolute atomic E-state index is 9.33. The minimum atomic E-state index is 0.283. The number of aromatic hydroxyl groups is 1. The van der Waals surface area contributed by atoms with Crippen molar-refractivity contribution in [3.63, 3.8) is 0 Å². The largest absolute Gasteiger partial charge is 0.508 e. The van der Waals surface area contributed by atoms with Gasteiger partial charge in [0, 0.05) is 11.3 Å². The van der Waals surface area contributed by atoms with E-state index in [0.29, 0.717) is 5.69 Å². The van der Waals surface area contributed by atoms with E-state index in [0.717, 1.165) is 16.7 Å². The van der Waals surface area contributed by atoms with Crippen LogP contribution in [0.2, 0.25) is 0 Å². The number of aryl methyl sites for hydroxylation is 1. The van der Waals surface area contributed by atoms with Crippen LogP contribution in [0.4, 0.5) is 5.69 Å². The molecule has 0 fully saturated rings. The van der Waals surface area contributed by atoms with Gasteiger partial charge >= 0.3 is 0 Å². The van der Waals surface area contributed by atoms with Gasteiger partial charge in [-0.05, 0) is 38.0 Å². The summed E-state index contributed by atoms with van der Waals surface area (Å²) >= 11 is 0. The van der Waals surface area contributed by atoms with Crippen molar-refractivity contribution in [3.05, 3.63) is 22.8 Å². The molecule has 60 valence electrons. The SMILES string of the molecule is Cc1cc(O)c(C)c(N)c1C. The molecule has 0 bridgehead atoms. The number of hydrogen-bond acceptors (Lipinski definition) is 2. The molecular weight excluding hydrogens is 138 g/mol. The molecule has 0 atom stereocenters. The summed E-state index contributed by atoms with van der Waals surface area (Å²) in [5.41, 5.74) is 9.28. The molecule has 1 rings (SSSR count). The molecular formula is C9H13NO. The van der Waals surface area contributed by atoms with Gasteiger partial charge in [0.05, 0.1) is 0 Å². The summed E-state index contributed by atoms with van der Waals surface area (Å²) in [5, 5.41) is 9.33. The lowest BCUT2D eigenvalue weighted by molar-refractivity contribution is 0.471. The molecule has 0 spiro atoms. The number of anilines is 1. The number of phenols is 1. The quantitative estimate of drug-likeness (QED) is 0.556. The van der Waals surface area contributed by atoms with E-state index in [1.807, 2.05) is 20.8 Å². The lowest BCUT2D eigenvalue weighted by Gasteiger charge is -2.09. The van der Waals surface area contributed by atoms with Crippen molar-refractivity contribution in [2.45, 2.75) is 20.8 Å². The zero-order valence-electron chi connectivity index (χ0n) is 7.10. The lowest BCUT2D eigenvalue weighted by Crippen LogP contribution is -1.95. The Hall–Kier alpha value is -1.18. The average Bonchev–Trinajstić information content (AvgIpc) is 1.97. The van der Waals surface area contributed by atoms with E-state index in [9.17, 15) is 5.11 Å². The van der Waals surface area contributed by atoms with E-state index in [2.05, 4.69) is 0 Å². The highest BCUT2D eigenvalue weighted by atomic mass is 16.3. The van der Waals surface area contributed by atoms with Crippen molar-refractivity contribution in [1.82, 2.24) is 0 Å². The first kappa shape index (κ1) is 7.92. The summed E-state index contributed by atoms with van der Waals surface area (Å²) in [6.07, 6.45) is 0. The number of hydrogen-bond donors (Lipinski definition) is 2. The van der Waals surface area contributed by atoms with Crippen LogP contribution in [0.15, 0.2) is 6.07 Å². The first-order chi connectivity index (χ1) is 5.04. The Morgan fingerprint density at radius 1 is 1.18 bits per heavy atom. The van der Waals surface area contributed by atoms with Crippen molar-refractivity contribution in [1.29, 1.82) is 0 Å². The molecule has 2 nitrogen and oxygen atoms in total. The Morgan fingerprint density at radius 3 is 2.27 bits per heavy atom. The van der Waals surface area contributed by atoms with Crippen LogP contribution in [0.25, 0.3) is 0 Å². The van der Waals surface area contributed by atoms with Crippen molar-refractivity contribution in [2.75, 3.05) is 5.73 Å². The second-order valence-corrected chi connectivity index (χ2v) is 2.88. The normalized spacial score (nSPS) is 10.1. The van der Waals surface area contributed by atoms with Crippen LogP contribution in [0.5, 0.6) is 5.75 Å². The van der Waals surface area contributed by atoms with Gasteiger partial charge in [-0.3, -0.25) is 0 Å². The van der Waals surface area contributed by atoms with E-state index >= 15 is 0 Å². The smallest absolute Gasteiger partial charge is 0.120 e. The van der Waals surface area contributed by atoms with Gasteiger partial charge in [-0.25, -0.2) is 0 Å². The Kier molecular flexibility index (Phi) is 1.77. The van der Waals surface area contributed by atoms with E-state index in [1.54, 1.807) is 6.07 Å². The van der Waals surface area contributed by atoms with Gasteiger partial charge < -0.3 is 10.8 Å². The second-order valence-electron chi connectivity index (χ2n) is 2.88. The molecule has 11 heavy (non-hydrogen) atoms. The molecule has 0 aromatic heterocycles. The van der Waals surface area contributed by atoms with Crippen LogP contribution in [0.3, 0.4) is 0 Å². The van der Waals surface area contributed by atoms with E-state index in [-0.39, 0.29) is 5.75 Å². The highest BCUT2D eigenvalue weighted by Gasteiger charge is 2.05. The highest BCUT2D eigenvalue weighted by Crippen LogP contribution is 2.27. The number of nitrogens with two attached hydrogens (primary N) is 1. The molecule has 0 unspecified atom stereocenters. The molecule has 2 heteroatoms. The summed E-state index contributed by atoms with van der Waals surface area (Å²) in [7, 11) is 0. The third-order valence-corrected chi connectivity index (χ3v) is 2.14. The van der Waals surface area contributed by atoms with Gasteiger partial charge in [-0.15, -0.1) is 0 Å². The summed E-state index contributed by atoms with van der Waals surface area (Å²) in [6, 6.07) is 1.74. The van der Waals surface area contributed by atoms with Gasteiger partial charge in [-0.1, -0.05) is 0 Å². The maximum atomic E-state index is 9.33. The van der Waals surface area contributed by atoms with Gasteiger partial charge in [0.15, 0.2) is 0 Å². The number of rotatable bonds is 0. The van der Waals surface area contributed by atoms with Crippen LogP contribution in [0, 0.1) is 20.8 Å². The van der Waals surface area contributed by atoms with Crippen molar-refractivity contribution >= 4 is 5.69 Å². The van der Waals surface area contributed by atoms with Crippen LogP contribution in [-0.4, -0.2) is 5.11 Å². The molecule has 0 saturated carbocycles. The fourth-order valence-electron chi connectivity index (χ4n) is 1.05. The Balaban J connectivity index is 3.46. The van der Waals surface area contributed by atoms with Gasteiger partial charge in [0.1, 0.15) is 5.75 Å². The zero-order valence-corrected chi connectivity index (χ0v) is 7.10. The third-order valence-electron chi connectivity index (χ3n) is 2.14. The summed E-state index contributed by atoms with van der Waals surface area (Å²) < 4.78 is 0. The second kappa shape index (κ2) is 2.46. The van der Waals surface area contributed by atoms with Crippen molar-refractivity contribution < 1.29 is 5.11 Å². The first-order valence-electron chi connectivity index (χ1n) is 3.59. The summed E-state index contributed by atoms with van der Waals surface area (Å²) in [4.78, 5) is 0. The van der Waals surface area contributed by atoms with Crippen LogP contribution < -0.4 is 5.73 Å². The molecule has 0 amide bonds. The predicted molar refractivity (Wildman–Crippen MR) is 46.7 cm³/mol. The van der Waals surface area contributed by atoms with Crippen LogP contribution >= 0.6 is 0 Å². The molecule has 0 saturated heterocycles. The molecule has 1 aromatic rings. The van der Waals surface area contributed by atoms with Gasteiger partial charge in [0.25, 0.3) is 0 Å². The zero-order chi connectivity index (χ0) is 8.59. The minimum absolute atomic E-state index is 0.283. The Labute approximate surface area is 66.7 Å². The van der Waals surface area contributed by atoms with E-state index in [4.69, 9.17) is 5.73 Å². The summed E-state index contributed by atoms with van der Waals surface area (Å²) in [5.74, 6) is 0.283.